The summed E-state index contributed by atoms with van der Waals surface area (Å²) < 4.78 is 4.48. The molecule has 1 aromatic heterocycles. The number of aromatic amines is 1. The van der Waals surface area contributed by atoms with Crippen molar-refractivity contribution in [2.24, 2.45) is 0 Å². The smallest absolute Gasteiger partial charge is 0.313 e. The Hall–Kier alpha value is -1.81. The predicted molar refractivity (Wildman–Crippen MR) is 69.0 cm³/mol. The minimum Gasteiger partial charge on any atom is -0.469 e. The fourth-order valence-corrected chi connectivity index (χ4v) is 2.04. The van der Waals surface area contributed by atoms with Gasteiger partial charge in [0.2, 0.25) is 0 Å². The molecule has 0 aliphatic rings. The number of aromatic nitrogens is 1. The molecule has 0 saturated carbocycles. The van der Waals surface area contributed by atoms with Crippen LogP contribution in [0.1, 0.15) is 22.5 Å². The summed E-state index contributed by atoms with van der Waals surface area (Å²) in [5.74, 6) is -0.831. The summed E-state index contributed by atoms with van der Waals surface area (Å²) >= 11 is 5.91. The van der Waals surface area contributed by atoms with Crippen LogP contribution in [0.15, 0.2) is 18.2 Å². The van der Waals surface area contributed by atoms with Gasteiger partial charge in [-0.25, -0.2) is 0 Å². The summed E-state index contributed by atoms with van der Waals surface area (Å²) in [5, 5.41) is 1.49. The van der Waals surface area contributed by atoms with Crippen LogP contribution < -0.4 is 0 Å². The Morgan fingerprint density at radius 2 is 2.11 bits per heavy atom. The van der Waals surface area contributed by atoms with Crippen LogP contribution in [0, 0.1) is 6.92 Å². The van der Waals surface area contributed by atoms with E-state index in [0.29, 0.717) is 10.7 Å². The Morgan fingerprint density at radius 1 is 1.39 bits per heavy atom. The van der Waals surface area contributed by atoms with Gasteiger partial charge in [0.05, 0.1) is 12.8 Å². The molecule has 94 valence electrons. The predicted octanol–water partition coefficient (Wildman–Crippen LogP) is 2.88. The molecule has 0 spiro atoms. The van der Waals surface area contributed by atoms with E-state index in [0.717, 1.165) is 16.5 Å². The topological polar surface area (TPSA) is 59.2 Å². The minimum atomic E-state index is -0.545. The number of Topliss-reactive ketones (excluding diaryl/α,β-unsaturated/α-hetero) is 1. The highest BCUT2D eigenvalue weighted by atomic mass is 35.5. The van der Waals surface area contributed by atoms with Crippen molar-refractivity contribution in [3.05, 3.63) is 34.5 Å². The Bertz CT molecular complexity index is 630. The number of hydrogen-bond donors (Lipinski definition) is 1. The van der Waals surface area contributed by atoms with Gasteiger partial charge < -0.3 is 9.72 Å². The zero-order valence-electron chi connectivity index (χ0n) is 10.0. The highest BCUT2D eigenvalue weighted by Crippen LogP contribution is 2.25. The normalized spacial score (nSPS) is 10.6. The van der Waals surface area contributed by atoms with E-state index >= 15 is 0 Å². The molecular formula is C13H12ClNO3. The van der Waals surface area contributed by atoms with Crippen molar-refractivity contribution in [1.82, 2.24) is 4.98 Å². The van der Waals surface area contributed by atoms with Crippen LogP contribution >= 0.6 is 11.6 Å². The van der Waals surface area contributed by atoms with Crippen LogP contribution in [-0.2, 0) is 9.53 Å². The van der Waals surface area contributed by atoms with Crippen molar-refractivity contribution >= 4 is 34.3 Å². The van der Waals surface area contributed by atoms with Crippen molar-refractivity contribution in [3.8, 4) is 0 Å². The maximum atomic E-state index is 11.9. The molecule has 1 aromatic carbocycles. The average Bonchev–Trinajstić information content (AvgIpc) is 2.66. The molecule has 0 unspecified atom stereocenters. The third kappa shape index (κ3) is 2.24. The second-order valence-electron chi connectivity index (χ2n) is 3.99. The molecule has 4 nitrogen and oxygen atoms in total. The zero-order chi connectivity index (χ0) is 13.3. The summed E-state index contributed by atoms with van der Waals surface area (Å²) in [6.45, 7) is 1.82. The molecule has 1 heterocycles. The van der Waals surface area contributed by atoms with Gasteiger partial charge in [-0.1, -0.05) is 11.6 Å². The van der Waals surface area contributed by atoms with Gasteiger partial charge >= 0.3 is 5.97 Å². The highest BCUT2D eigenvalue weighted by molar-refractivity contribution is 6.31. The van der Waals surface area contributed by atoms with Gasteiger partial charge in [0.1, 0.15) is 6.42 Å². The average molecular weight is 266 g/mol. The second-order valence-corrected chi connectivity index (χ2v) is 4.43. The second kappa shape index (κ2) is 4.82. The molecule has 18 heavy (non-hydrogen) atoms. The summed E-state index contributed by atoms with van der Waals surface area (Å²) in [7, 11) is 1.26. The van der Waals surface area contributed by atoms with E-state index in [1.54, 1.807) is 18.2 Å². The fraction of sp³-hybridized carbons (Fsp3) is 0.231. The minimum absolute atomic E-state index is 0.266. The third-order valence-corrected chi connectivity index (χ3v) is 3.07. The molecule has 0 amide bonds. The number of halogens is 1. The summed E-state index contributed by atoms with van der Waals surface area (Å²) in [6, 6.07) is 5.34. The van der Waals surface area contributed by atoms with Crippen LogP contribution in [0.5, 0.6) is 0 Å². The lowest BCUT2D eigenvalue weighted by molar-refractivity contribution is -0.139. The van der Waals surface area contributed by atoms with E-state index in [1.165, 1.54) is 7.11 Å². The van der Waals surface area contributed by atoms with Gasteiger partial charge in [-0.05, 0) is 30.7 Å². The van der Waals surface area contributed by atoms with E-state index < -0.39 is 5.97 Å². The van der Waals surface area contributed by atoms with Crippen molar-refractivity contribution < 1.29 is 14.3 Å². The van der Waals surface area contributed by atoms with Gasteiger partial charge in [-0.15, -0.1) is 0 Å². The summed E-state index contributed by atoms with van der Waals surface area (Å²) in [6.07, 6.45) is -0.266. The molecule has 5 heteroatoms. The van der Waals surface area contributed by atoms with Gasteiger partial charge in [0.15, 0.2) is 5.78 Å². The van der Waals surface area contributed by atoms with E-state index in [9.17, 15) is 9.59 Å². The number of methoxy groups -OCH3 is 1. The fourth-order valence-electron chi connectivity index (χ4n) is 1.87. The molecule has 0 atom stereocenters. The first-order valence-electron chi connectivity index (χ1n) is 5.40. The lowest BCUT2D eigenvalue weighted by atomic mass is 10.1. The maximum Gasteiger partial charge on any atom is 0.313 e. The Balaban J connectivity index is 2.43. The first kappa shape index (κ1) is 12.6. The zero-order valence-corrected chi connectivity index (χ0v) is 10.8. The number of nitrogens with one attached hydrogen (secondary N) is 1. The molecule has 0 fully saturated rings. The molecule has 0 bridgehead atoms. The number of benzene rings is 1. The number of aryl methyl sites for hydroxylation is 1. The lowest BCUT2D eigenvalue weighted by Gasteiger charge is -1.98. The van der Waals surface area contributed by atoms with Crippen molar-refractivity contribution in [2.45, 2.75) is 13.3 Å². The monoisotopic (exact) mass is 265 g/mol. The van der Waals surface area contributed by atoms with E-state index in [1.807, 2.05) is 6.92 Å². The van der Waals surface area contributed by atoms with Crippen LogP contribution in [0.3, 0.4) is 0 Å². The Kier molecular flexibility index (Phi) is 3.39. The maximum absolute atomic E-state index is 11.9. The van der Waals surface area contributed by atoms with E-state index in [4.69, 9.17) is 11.6 Å². The van der Waals surface area contributed by atoms with Crippen LogP contribution in [-0.4, -0.2) is 23.8 Å². The number of fused-ring (bicyclic) bond motifs is 1. The van der Waals surface area contributed by atoms with Gasteiger partial charge in [-0.3, -0.25) is 9.59 Å². The van der Waals surface area contributed by atoms with E-state index in [2.05, 4.69) is 9.72 Å². The van der Waals surface area contributed by atoms with Crippen molar-refractivity contribution in [1.29, 1.82) is 0 Å². The first-order valence-corrected chi connectivity index (χ1v) is 5.78. The molecular weight excluding hydrogens is 254 g/mol. The van der Waals surface area contributed by atoms with Crippen LogP contribution in [0.25, 0.3) is 10.9 Å². The number of ketones is 1. The molecule has 0 saturated heterocycles. The third-order valence-electron chi connectivity index (χ3n) is 2.83. The molecule has 0 radical (unpaired) electrons. The molecule has 2 aromatic rings. The van der Waals surface area contributed by atoms with E-state index in [-0.39, 0.29) is 12.2 Å². The summed E-state index contributed by atoms with van der Waals surface area (Å²) in [4.78, 5) is 26.0. The lowest BCUT2D eigenvalue weighted by Crippen LogP contribution is -2.10. The van der Waals surface area contributed by atoms with Gasteiger partial charge in [0.25, 0.3) is 0 Å². The number of carbonyl (C=O) groups excluding carboxylic acids is 2. The Labute approximate surface area is 109 Å². The number of H-pyrrole nitrogens is 1. The van der Waals surface area contributed by atoms with Gasteiger partial charge in [-0.2, -0.15) is 0 Å². The molecule has 0 aliphatic heterocycles. The van der Waals surface area contributed by atoms with Gasteiger partial charge in [0, 0.05) is 15.9 Å². The number of esters is 1. The number of ether oxygens (including phenoxy) is 1. The van der Waals surface area contributed by atoms with Crippen LogP contribution in [0.4, 0.5) is 0 Å². The molecule has 0 aliphatic carbocycles. The summed E-state index contributed by atoms with van der Waals surface area (Å²) in [5.41, 5.74) is 2.05. The first-order chi connectivity index (χ1) is 8.52. The largest absolute Gasteiger partial charge is 0.469 e. The highest BCUT2D eigenvalue weighted by Gasteiger charge is 2.18. The van der Waals surface area contributed by atoms with Crippen molar-refractivity contribution in [2.75, 3.05) is 7.11 Å². The van der Waals surface area contributed by atoms with Crippen molar-refractivity contribution in [3.63, 3.8) is 0 Å². The molecule has 2 rings (SSSR count). The number of rotatable bonds is 3. The number of carbonyl (C=O) groups is 2. The SMILES string of the molecule is COC(=O)CC(=O)c1[nH]c2ccc(Cl)cc2c1C. The quantitative estimate of drug-likeness (QED) is 0.527. The number of hydrogen-bond acceptors (Lipinski definition) is 3. The molecule has 1 N–H and O–H groups in total. The van der Waals surface area contributed by atoms with Crippen LogP contribution in [0.2, 0.25) is 5.02 Å². The Morgan fingerprint density at radius 3 is 2.78 bits per heavy atom. The standard InChI is InChI=1S/C13H12ClNO3/c1-7-9-5-8(14)3-4-10(9)15-13(7)11(16)6-12(17)18-2/h3-5,15H,6H2,1-2H3.